The molecule has 0 N–H and O–H groups in total. The molecule has 32 heavy (non-hydrogen) atoms. The van der Waals surface area contributed by atoms with Crippen LogP contribution < -0.4 is 9.64 Å². The van der Waals surface area contributed by atoms with E-state index in [-0.39, 0.29) is 24.9 Å². The quantitative estimate of drug-likeness (QED) is 0.467. The van der Waals surface area contributed by atoms with Crippen molar-refractivity contribution < 1.29 is 18.8 Å². The van der Waals surface area contributed by atoms with Gasteiger partial charge in [-0.25, -0.2) is 0 Å². The van der Waals surface area contributed by atoms with Crippen LogP contribution >= 0.6 is 0 Å². The largest absolute Gasteiger partial charge is 0.497 e. The highest BCUT2D eigenvalue weighted by molar-refractivity contribution is 6.26. The number of likely N-dealkylation sites (N-methyl/N-ethyl adjacent to an activating group) is 1. The normalized spacial score (nSPS) is 12.4. The lowest BCUT2D eigenvalue weighted by Crippen LogP contribution is -2.39. The third-order valence-electron chi connectivity index (χ3n) is 5.56. The number of rotatable bonds is 6. The summed E-state index contributed by atoms with van der Waals surface area (Å²) < 4.78 is 10.5. The molecule has 0 aliphatic carbocycles. The van der Waals surface area contributed by atoms with Gasteiger partial charge in [-0.05, 0) is 41.8 Å². The standard InChI is InChI=1S/C24H20N4O4/c1-27(13-20-25-23(26-32-20)16-9-11-17(31-2)12-10-16)21(29)14-28-19-8-4-6-15-5-3-7-18(22(15)19)24(28)30/h3-12H,13-14H2,1-2H3. The molecule has 0 bridgehead atoms. The second kappa shape index (κ2) is 7.81. The van der Waals surface area contributed by atoms with E-state index in [1.807, 2.05) is 54.6 Å². The van der Waals surface area contributed by atoms with E-state index >= 15 is 0 Å². The molecule has 8 heteroatoms. The van der Waals surface area contributed by atoms with Gasteiger partial charge in [-0.2, -0.15) is 4.98 Å². The average Bonchev–Trinajstić information content (AvgIpc) is 3.39. The van der Waals surface area contributed by atoms with E-state index in [1.54, 1.807) is 20.2 Å². The van der Waals surface area contributed by atoms with E-state index in [0.717, 1.165) is 27.8 Å². The lowest BCUT2D eigenvalue weighted by Gasteiger charge is -2.21. The first-order valence-electron chi connectivity index (χ1n) is 10.1. The molecule has 160 valence electrons. The van der Waals surface area contributed by atoms with E-state index in [0.29, 0.717) is 17.3 Å². The molecule has 1 aliphatic rings. The minimum Gasteiger partial charge on any atom is -0.497 e. The van der Waals surface area contributed by atoms with Crippen LogP contribution in [0.4, 0.5) is 5.69 Å². The fraction of sp³-hybridized carbons (Fsp3) is 0.167. The average molecular weight is 428 g/mol. The summed E-state index contributed by atoms with van der Waals surface area (Å²) in [7, 11) is 3.25. The number of amides is 2. The van der Waals surface area contributed by atoms with E-state index in [1.165, 1.54) is 9.80 Å². The minimum absolute atomic E-state index is 0.0669. The van der Waals surface area contributed by atoms with Crippen molar-refractivity contribution in [2.24, 2.45) is 0 Å². The highest BCUT2D eigenvalue weighted by Gasteiger charge is 2.31. The van der Waals surface area contributed by atoms with Crippen molar-refractivity contribution in [2.75, 3.05) is 25.6 Å². The fourth-order valence-corrected chi connectivity index (χ4v) is 3.86. The summed E-state index contributed by atoms with van der Waals surface area (Å²) in [5.41, 5.74) is 2.15. The van der Waals surface area contributed by atoms with Gasteiger partial charge in [0.2, 0.25) is 17.6 Å². The molecule has 5 rings (SSSR count). The molecule has 0 radical (unpaired) electrons. The summed E-state index contributed by atoms with van der Waals surface area (Å²) in [5, 5.41) is 5.86. The Balaban J connectivity index is 1.29. The van der Waals surface area contributed by atoms with Gasteiger partial charge in [0, 0.05) is 23.6 Å². The smallest absolute Gasteiger partial charge is 0.259 e. The van der Waals surface area contributed by atoms with E-state index in [9.17, 15) is 9.59 Å². The molecule has 0 saturated heterocycles. The number of hydrogen-bond acceptors (Lipinski definition) is 6. The summed E-state index contributed by atoms with van der Waals surface area (Å²) in [4.78, 5) is 33.2. The molecular weight excluding hydrogens is 408 g/mol. The third-order valence-corrected chi connectivity index (χ3v) is 5.56. The van der Waals surface area contributed by atoms with Crippen LogP contribution in [-0.4, -0.2) is 47.6 Å². The van der Waals surface area contributed by atoms with Crippen molar-refractivity contribution in [3.63, 3.8) is 0 Å². The number of anilines is 1. The number of aromatic nitrogens is 2. The predicted molar refractivity (Wildman–Crippen MR) is 118 cm³/mol. The number of nitrogens with zero attached hydrogens (tertiary/aromatic N) is 4. The number of methoxy groups -OCH3 is 1. The van der Waals surface area contributed by atoms with Crippen molar-refractivity contribution in [2.45, 2.75) is 6.54 Å². The topological polar surface area (TPSA) is 88.8 Å². The Bertz CT molecular complexity index is 1320. The van der Waals surface area contributed by atoms with Crippen molar-refractivity contribution in [3.05, 3.63) is 72.1 Å². The van der Waals surface area contributed by atoms with Gasteiger partial charge in [0.1, 0.15) is 12.3 Å². The van der Waals surface area contributed by atoms with E-state index in [2.05, 4.69) is 10.1 Å². The van der Waals surface area contributed by atoms with Gasteiger partial charge < -0.3 is 14.2 Å². The summed E-state index contributed by atoms with van der Waals surface area (Å²) in [6.45, 7) is 0.0732. The molecule has 3 aromatic carbocycles. The Morgan fingerprint density at radius 1 is 1.09 bits per heavy atom. The van der Waals surface area contributed by atoms with E-state index in [4.69, 9.17) is 9.26 Å². The summed E-state index contributed by atoms with van der Waals surface area (Å²) in [5.74, 6) is 1.08. The van der Waals surface area contributed by atoms with Crippen LogP contribution in [0.15, 0.2) is 65.2 Å². The van der Waals surface area contributed by atoms with Gasteiger partial charge in [0.05, 0.1) is 19.3 Å². The monoisotopic (exact) mass is 428 g/mol. The van der Waals surface area contributed by atoms with Crippen LogP contribution in [0.5, 0.6) is 5.75 Å². The lowest BCUT2D eigenvalue weighted by atomic mass is 10.1. The molecule has 0 atom stereocenters. The van der Waals surface area contributed by atoms with Crippen molar-refractivity contribution in [1.82, 2.24) is 15.0 Å². The van der Waals surface area contributed by atoms with Crippen LogP contribution in [0.2, 0.25) is 0 Å². The van der Waals surface area contributed by atoms with Gasteiger partial charge in [-0.1, -0.05) is 29.4 Å². The van der Waals surface area contributed by atoms with Crippen molar-refractivity contribution in [3.8, 4) is 17.1 Å². The van der Waals surface area contributed by atoms with Crippen LogP contribution in [0.25, 0.3) is 22.2 Å². The Kier molecular flexibility index (Phi) is 4.82. The predicted octanol–water partition coefficient (Wildman–Crippen LogP) is 3.52. The molecular formula is C24H20N4O4. The van der Waals surface area contributed by atoms with Crippen LogP contribution in [0.3, 0.4) is 0 Å². The number of ether oxygens (including phenoxy) is 1. The van der Waals surface area contributed by atoms with Crippen LogP contribution in [0, 0.1) is 0 Å². The van der Waals surface area contributed by atoms with Gasteiger partial charge >= 0.3 is 0 Å². The number of hydrogen-bond donors (Lipinski definition) is 0. The number of carbonyl (C=O) groups excluding carboxylic acids is 2. The number of carbonyl (C=O) groups is 2. The maximum absolute atomic E-state index is 12.9. The molecule has 4 aromatic rings. The fourth-order valence-electron chi connectivity index (χ4n) is 3.86. The Morgan fingerprint density at radius 2 is 1.84 bits per heavy atom. The zero-order valence-electron chi connectivity index (χ0n) is 17.6. The molecule has 0 saturated carbocycles. The van der Waals surface area contributed by atoms with E-state index < -0.39 is 0 Å². The maximum Gasteiger partial charge on any atom is 0.259 e. The first-order chi connectivity index (χ1) is 15.5. The van der Waals surface area contributed by atoms with Gasteiger partial charge in [0.25, 0.3) is 5.91 Å². The first-order valence-corrected chi connectivity index (χ1v) is 10.1. The van der Waals surface area contributed by atoms with Crippen molar-refractivity contribution in [1.29, 1.82) is 0 Å². The summed E-state index contributed by atoms with van der Waals surface area (Å²) in [6, 6.07) is 18.6. The lowest BCUT2D eigenvalue weighted by molar-refractivity contribution is -0.129. The SMILES string of the molecule is COc1ccc(-c2noc(CN(C)C(=O)CN3C(=O)c4cccc5cccc3c45)n2)cc1. The van der Waals surface area contributed by atoms with Gasteiger partial charge in [-0.15, -0.1) is 0 Å². The Labute approximate surface area is 184 Å². The highest BCUT2D eigenvalue weighted by atomic mass is 16.5. The molecule has 2 amide bonds. The molecule has 1 aromatic heterocycles. The molecule has 8 nitrogen and oxygen atoms in total. The van der Waals surface area contributed by atoms with Crippen LogP contribution in [0.1, 0.15) is 16.2 Å². The Hall–Kier alpha value is -4.20. The van der Waals surface area contributed by atoms with Gasteiger partial charge in [0.15, 0.2) is 0 Å². The Morgan fingerprint density at radius 3 is 2.59 bits per heavy atom. The van der Waals surface area contributed by atoms with Gasteiger partial charge in [-0.3, -0.25) is 14.5 Å². The molecule has 1 aliphatic heterocycles. The summed E-state index contributed by atoms with van der Waals surface area (Å²) >= 11 is 0. The first kappa shape index (κ1) is 19.7. The molecule has 0 unspecified atom stereocenters. The second-order valence-electron chi connectivity index (χ2n) is 7.56. The molecule has 2 heterocycles. The third kappa shape index (κ3) is 3.35. The maximum atomic E-state index is 12.9. The number of benzene rings is 3. The van der Waals surface area contributed by atoms with Crippen molar-refractivity contribution >= 4 is 28.3 Å². The molecule has 0 spiro atoms. The van der Waals surface area contributed by atoms with Crippen LogP contribution in [-0.2, 0) is 11.3 Å². The minimum atomic E-state index is -0.229. The highest BCUT2D eigenvalue weighted by Crippen LogP contribution is 2.37. The molecule has 0 fully saturated rings. The second-order valence-corrected chi connectivity index (χ2v) is 7.56. The summed E-state index contributed by atoms with van der Waals surface area (Å²) in [6.07, 6.45) is 0. The zero-order chi connectivity index (χ0) is 22.2. The zero-order valence-corrected chi connectivity index (χ0v) is 17.6.